The van der Waals surface area contributed by atoms with Crippen LogP contribution in [0.2, 0.25) is 0 Å². The van der Waals surface area contributed by atoms with E-state index in [1.165, 1.54) is 4.88 Å². The van der Waals surface area contributed by atoms with Gasteiger partial charge in [0.25, 0.3) is 5.56 Å². The smallest absolute Gasteiger partial charge is 0.279 e. The summed E-state index contributed by atoms with van der Waals surface area (Å²) in [6.07, 6.45) is 4.09. The Labute approximate surface area is 182 Å². The van der Waals surface area contributed by atoms with Crippen LogP contribution in [0.4, 0.5) is 5.69 Å². The van der Waals surface area contributed by atoms with Crippen LogP contribution in [0, 0.1) is 0 Å². The number of carbonyl (C=O) groups is 1. The second-order valence-corrected chi connectivity index (χ2v) is 8.51. The van der Waals surface area contributed by atoms with Crippen LogP contribution < -0.4 is 15.6 Å². The van der Waals surface area contributed by atoms with Crippen molar-refractivity contribution < 1.29 is 9.53 Å². The first-order valence-corrected chi connectivity index (χ1v) is 11.0. The Bertz CT molecular complexity index is 1300. The number of fused-ring (bicyclic) bond motifs is 3. The van der Waals surface area contributed by atoms with Gasteiger partial charge in [-0.1, -0.05) is 23.4 Å². The summed E-state index contributed by atoms with van der Waals surface area (Å²) in [6, 6.07) is 16.5. The standard InChI is InChI=1S/C23H20N4O3S/c28-20(24-15-10-12-17(13-11-15)30-16-6-2-1-3-7-16)14-27-23(29)21-18-8-4-5-9-19(18)31-22(21)25-26-27/h1-3,6-7,10-13H,4-5,8-9,14H2,(H,24,28). The maximum Gasteiger partial charge on any atom is 0.279 e. The van der Waals surface area contributed by atoms with E-state index in [2.05, 4.69) is 15.6 Å². The van der Waals surface area contributed by atoms with E-state index in [1.54, 1.807) is 35.6 Å². The molecule has 7 nitrogen and oxygen atoms in total. The second-order valence-electron chi connectivity index (χ2n) is 7.43. The lowest BCUT2D eigenvalue weighted by Gasteiger charge is -2.10. The van der Waals surface area contributed by atoms with Gasteiger partial charge in [-0.15, -0.1) is 16.4 Å². The van der Waals surface area contributed by atoms with Crippen LogP contribution >= 0.6 is 11.3 Å². The quantitative estimate of drug-likeness (QED) is 0.512. The third kappa shape index (κ3) is 4.06. The predicted molar refractivity (Wildman–Crippen MR) is 120 cm³/mol. The minimum absolute atomic E-state index is 0.186. The largest absolute Gasteiger partial charge is 0.457 e. The Hall–Kier alpha value is -3.52. The summed E-state index contributed by atoms with van der Waals surface area (Å²) < 4.78 is 6.90. The van der Waals surface area contributed by atoms with Gasteiger partial charge in [0.15, 0.2) is 4.83 Å². The molecule has 0 atom stereocenters. The molecule has 0 aliphatic heterocycles. The molecular weight excluding hydrogens is 412 g/mol. The molecule has 5 rings (SSSR count). The number of nitrogens with one attached hydrogen (secondary N) is 1. The van der Waals surface area contributed by atoms with Gasteiger partial charge in [-0.05, 0) is 67.6 Å². The number of aryl methyl sites for hydroxylation is 2. The third-order valence-electron chi connectivity index (χ3n) is 5.25. The van der Waals surface area contributed by atoms with Gasteiger partial charge >= 0.3 is 0 Å². The lowest BCUT2D eigenvalue weighted by atomic mass is 9.97. The molecule has 1 amide bonds. The average molecular weight is 433 g/mol. The summed E-state index contributed by atoms with van der Waals surface area (Å²) in [6.45, 7) is -0.186. The number of hydrogen-bond donors (Lipinski definition) is 1. The number of rotatable bonds is 5. The molecule has 2 aromatic heterocycles. The Morgan fingerprint density at radius 3 is 2.58 bits per heavy atom. The van der Waals surface area contributed by atoms with Gasteiger partial charge in [0.2, 0.25) is 5.91 Å². The van der Waals surface area contributed by atoms with Crippen LogP contribution in [0.5, 0.6) is 11.5 Å². The molecule has 1 aliphatic rings. The van der Waals surface area contributed by atoms with Gasteiger partial charge < -0.3 is 10.1 Å². The van der Waals surface area contributed by atoms with E-state index < -0.39 is 0 Å². The van der Waals surface area contributed by atoms with Crippen molar-refractivity contribution in [2.45, 2.75) is 32.2 Å². The molecule has 4 aromatic rings. The lowest BCUT2D eigenvalue weighted by molar-refractivity contribution is -0.117. The maximum absolute atomic E-state index is 12.9. The Morgan fingerprint density at radius 1 is 1.03 bits per heavy atom. The minimum atomic E-state index is -0.337. The molecular formula is C23H20N4O3S. The number of carbonyl (C=O) groups excluding carboxylic acids is 1. The van der Waals surface area contributed by atoms with Crippen LogP contribution in [0.1, 0.15) is 23.3 Å². The van der Waals surface area contributed by atoms with Crippen molar-refractivity contribution in [1.29, 1.82) is 0 Å². The first kappa shape index (κ1) is 19.4. The number of thiophene rings is 1. The van der Waals surface area contributed by atoms with Crippen LogP contribution in [0.15, 0.2) is 59.4 Å². The zero-order chi connectivity index (χ0) is 21.2. The predicted octanol–water partition coefficient (Wildman–Crippen LogP) is 4.16. The highest BCUT2D eigenvalue weighted by molar-refractivity contribution is 7.18. The highest BCUT2D eigenvalue weighted by Gasteiger charge is 2.21. The lowest BCUT2D eigenvalue weighted by Crippen LogP contribution is -2.30. The fourth-order valence-electron chi connectivity index (χ4n) is 3.78. The molecule has 1 N–H and O–H groups in total. The summed E-state index contributed by atoms with van der Waals surface area (Å²) in [5.74, 6) is 1.07. The molecule has 0 saturated heterocycles. The fraction of sp³-hybridized carbons (Fsp3) is 0.217. The number of ether oxygens (including phenoxy) is 1. The molecule has 156 valence electrons. The summed E-state index contributed by atoms with van der Waals surface area (Å²) in [4.78, 5) is 27.3. The molecule has 31 heavy (non-hydrogen) atoms. The van der Waals surface area contributed by atoms with Crippen LogP contribution in [-0.4, -0.2) is 20.9 Å². The van der Waals surface area contributed by atoms with Crippen molar-refractivity contribution in [2.75, 3.05) is 5.32 Å². The SMILES string of the molecule is O=C(Cn1nnc2sc3c(c2c1=O)CCCC3)Nc1ccc(Oc2ccccc2)cc1. The van der Waals surface area contributed by atoms with E-state index in [-0.39, 0.29) is 18.0 Å². The minimum Gasteiger partial charge on any atom is -0.457 e. The van der Waals surface area contributed by atoms with Crippen molar-refractivity contribution in [3.05, 3.63) is 75.4 Å². The van der Waals surface area contributed by atoms with E-state index in [4.69, 9.17) is 4.74 Å². The number of benzene rings is 2. The summed E-state index contributed by atoms with van der Waals surface area (Å²) in [5, 5.41) is 11.6. The van der Waals surface area contributed by atoms with Gasteiger partial charge in [0.1, 0.15) is 18.0 Å². The first-order chi connectivity index (χ1) is 15.2. The van der Waals surface area contributed by atoms with Crippen LogP contribution in [-0.2, 0) is 24.2 Å². The molecule has 0 fully saturated rings. The number of amides is 1. The normalized spacial score (nSPS) is 13.0. The van der Waals surface area contributed by atoms with Gasteiger partial charge in [0, 0.05) is 10.6 Å². The van der Waals surface area contributed by atoms with Crippen molar-refractivity contribution in [3.63, 3.8) is 0 Å². The maximum atomic E-state index is 12.9. The van der Waals surface area contributed by atoms with Gasteiger partial charge in [-0.3, -0.25) is 9.59 Å². The second kappa shape index (κ2) is 8.31. The molecule has 1 aliphatic carbocycles. The van der Waals surface area contributed by atoms with Crippen LogP contribution in [0.3, 0.4) is 0 Å². The van der Waals surface area contributed by atoms with Crippen molar-refractivity contribution in [3.8, 4) is 11.5 Å². The zero-order valence-electron chi connectivity index (χ0n) is 16.7. The first-order valence-electron chi connectivity index (χ1n) is 10.2. The third-order valence-corrected chi connectivity index (χ3v) is 6.43. The molecule has 0 saturated carbocycles. The molecule has 0 spiro atoms. The van der Waals surface area contributed by atoms with E-state index in [0.717, 1.165) is 41.7 Å². The highest BCUT2D eigenvalue weighted by atomic mass is 32.1. The summed E-state index contributed by atoms with van der Waals surface area (Å²) >= 11 is 1.55. The molecule has 2 heterocycles. The van der Waals surface area contributed by atoms with Crippen molar-refractivity contribution in [1.82, 2.24) is 15.0 Å². The molecule has 0 unspecified atom stereocenters. The molecule has 0 bridgehead atoms. The fourth-order valence-corrected chi connectivity index (χ4v) is 4.97. The van der Waals surface area contributed by atoms with E-state index in [9.17, 15) is 9.59 Å². The Morgan fingerprint density at radius 2 is 1.77 bits per heavy atom. The highest BCUT2D eigenvalue weighted by Crippen LogP contribution is 2.33. The van der Waals surface area contributed by atoms with Gasteiger partial charge in [-0.2, -0.15) is 0 Å². The Balaban J connectivity index is 1.29. The number of hydrogen-bond acceptors (Lipinski definition) is 6. The van der Waals surface area contributed by atoms with E-state index >= 15 is 0 Å². The van der Waals surface area contributed by atoms with Gasteiger partial charge in [-0.25, -0.2) is 4.68 Å². The van der Waals surface area contributed by atoms with Gasteiger partial charge in [0.05, 0.1) is 5.39 Å². The Kier molecular flexibility index (Phi) is 5.21. The molecule has 0 radical (unpaired) electrons. The summed E-state index contributed by atoms with van der Waals surface area (Å²) in [7, 11) is 0. The van der Waals surface area contributed by atoms with Crippen molar-refractivity contribution >= 4 is 33.1 Å². The topological polar surface area (TPSA) is 86.1 Å². The molecule has 2 aromatic carbocycles. The van der Waals surface area contributed by atoms with E-state index in [1.807, 2.05) is 30.3 Å². The number of para-hydroxylation sites is 1. The van der Waals surface area contributed by atoms with Crippen molar-refractivity contribution in [2.24, 2.45) is 0 Å². The number of anilines is 1. The zero-order valence-corrected chi connectivity index (χ0v) is 17.5. The number of nitrogens with zero attached hydrogens (tertiary/aromatic N) is 3. The molecule has 8 heteroatoms. The number of aromatic nitrogens is 3. The summed E-state index contributed by atoms with van der Waals surface area (Å²) in [5.41, 5.74) is 1.46. The monoisotopic (exact) mass is 432 g/mol. The van der Waals surface area contributed by atoms with E-state index in [0.29, 0.717) is 21.7 Å². The van der Waals surface area contributed by atoms with Crippen LogP contribution in [0.25, 0.3) is 10.2 Å². The average Bonchev–Trinajstić information content (AvgIpc) is 3.17.